The van der Waals surface area contributed by atoms with Gasteiger partial charge >= 0.3 is 0 Å². The summed E-state index contributed by atoms with van der Waals surface area (Å²) in [7, 11) is 0. The highest BCUT2D eigenvalue weighted by molar-refractivity contribution is 5.85. The number of hydrogen-bond acceptors (Lipinski definition) is 3. The minimum absolute atomic E-state index is 0.231. The van der Waals surface area contributed by atoms with Crippen LogP contribution in [0.1, 0.15) is 25.7 Å². The summed E-state index contributed by atoms with van der Waals surface area (Å²) in [5, 5.41) is 12.8. The maximum atomic E-state index is 11.7. The minimum atomic E-state index is -1.12. The molecule has 1 aliphatic carbocycles. The molecule has 1 fully saturated rings. The van der Waals surface area contributed by atoms with Gasteiger partial charge in [-0.25, -0.2) is 4.98 Å². The van der Waals surface area contributed by atoms with Crippen LogP contribution in [0.2, 0.25) is 0 Å². The monoisotopic (exact) mass is 223 g/mol. The van der Waals surface area contributed by atoms with Crippen molar-refractivity contribution in [2.45, 2.75) is 37.8 Å². The Labute approximate surface area is 94.5 Å². The molecule has 16 heavy (non-hydrogen) atoms. The first-order valence-electron chi connectivity index (χ1n) is 5.67. The largest absolute Gasteiger partial charge is 0.380 e. The second kappa shape index (κ2) is 4.65. The van der Waals surface area contributed by atoms with E-state index in [2.05, 4.69) is 10.3 Å². The predicted octanol–water partition coefficient (Wildman–Crippen LogP) is 0.304. The molecule has 5 heteroatoms. The Bertz CT molecular complexity index is 342. The van der Waals surface area contributed by atoms with Crippen LogP contribution in [0.5, 0.6) is 0 Å². The minimum Gasteiger partial charge on any atom is -0.380 e. The van der Waals surface area contributed by atoms with E-state index in [0.717, 1.165) is 12.8 Å². The molecule has 0 bridgehead atoms. The second-order valence-electron chi connectivity index (χ2n) is 4.30. The van der Waals surface area contributed by atoms with Crippen molar-refractivity contribution in [3.63, 3.8) is 0 Å². The first-order valence-corrected chi connectivity index (χ1v) is 5.67. The first kappa shape index (κ1) is 11.1. The van der Waals surface area contributed by atoms with Crippen molar-refractivity contribution in [2.75, 3.05) is 6.54 Å². The molecule has 0 radical (unpaired) electrons. The predicted molar refractivity (Wildman–Crippen MR) is 58.7 cm³/mol. The molecular weight excluding hydrogens is 206 g/mol. The highest BCUT2D eigenvalue weighted by Crippen LogP contribution is 2.29. The number of aliphatic hydroxyl groups is 1. The number of amides is 1. The summed E-state index contributed by atoms with van der Waals surface area (Å²) >= 11 is 0. The lowest BCUT2D eigenvalue weighted by Crippen LogP contribution is -2.45. The van der Waals surface area contributed by atoms with Gasteiger partial charge in [-0.1, -0.05) is 0 Å². The molecule has 1 saturated carbocycles. The van der Waals surface area contributed by atoms with Crippen LogP contribution in [0.25, 0.3) is 0 Å². The third-order valence-electron chi connectivity index (χ3n) is 3.07. The number of hydrogen-bond donors (Lipinski definition) is 2. The van der Waals surface area contributed by atoms with E-state index in [1.807, 2.05) is 10.8 Å². The number of rotatable bonds is 4. The molecule has 2 N–H and O–H groups in total. The van der Waals surface area contributed by atoms with Crippen molar-refractivity contribution in [2.24, 2.45) is 0 Å². The zero-order chi connectivity index (χ0) is 11.4. The smallest absolute Gasteiger partial charge is 0.252 e. The van der Waals surface area contributed by atoms with E-state index in [1.165, 1.54) is 0 Å². The lowest BCUT2D eigenvalue weighted by molar-refractivity contribution is -0.139. The highest BCUT2D eigenvalue weighted by atomic mass is 16.3. The SMILES string of the molecule is O=C(NCCn1ccnc1)C1(O)CCCC1. The van der Waals surface area contributed by atoms with Crippen LogP contribution >= 0.6 is 0 Å². The van der Waals surface area contributed by atoms with Crippen molar-refractivity contribution in [1.82, 2.24) is 14.9 Å². The Morgan fingerprint density at radius 1 is 1.50 bits per heavy atom. The fourth-order valence-electron chi connectivity index (χ4n) is 2.07. The van der Waals surface area contributed by atoms with Crippen LogP contribution in [0.15, 0.2) is 18.7 Å². The Morgan fingerprint density at radius 2 is 2.25 bits per heavy atom. The van der Waals surface area contributed by atoms with Gasteiger partial charge in [0.1, 0.15) is 5.60 Å². The van der Waals surface area contributed by atoms with Crippen molar-refractivity contribution in [3.8, 4) is 0 Å². The summed E-state index contributed by atoms with van der Waals surface area (Å²) in [6.07, 6.45) is 8.30. The van der Waals surface area contributed by atoms with E-state index in [9.17, 15) is 9.90 Å². The normalized spacial score (nSPS) is 18.6. The van der Waals surface area contributed by atoms with Gasteiger partial charge in [-0.2, -0.15) is 0 Å². The molecular formula is C11H17N3O2. The zero-order valence-electron chi connectivity index (χ0n) is 9.22. The molecule has 1 aromatic heterocycles. The van der Waals surface area contributed by atoms with E-state index in [4.69, 9.17) is 0 Å². The second-order valence-corrected chi connectivity index (χ2v) is 4.30. The van der Waals surface area contributed by atoms with Gasteiger partial charge in [-0.05, 0) is 25.7 Å². The number of nitrogens with one attached hydrogen (secondary N) is 1. The van der Waals surface area contributed by atoms with E-state index >= 15 is 0 Å². The molecule has 1 aliphatic rings. The third kappa shape index (κ3) is 2.41. The molecule has 1 amide bonds. The summed E-state index contributed by atoms with van der Waals surface area (Å²) < 4.78 is 1.89. The lowest BCUT2D eigenvalue weighted by atomic mass is 10.0. The van der Waals surface area contributed by atoms with E-state index in [1.54, 1.807) is 12.5 Å². The summed E-state index contributed by atoms with van der Waals surface area (Å²) in [4.78, 5) is 15.6. The fourth-order valence-corrected chi connectivity index (χ4v) is 2.07. The Balaban J connectivity index is 1.75. The quantitative estimate of drug-likeness (QED) is 0.771. The van der Waals surface area contributed by atoms with Crippen molar-refractivity contribution >= 4 is 5.91 Å². The molecule has 0 unspecified atom stereocenters. The number of carbonyl (C=O) groups is 1. The summed E-state index contributed by atoms with van der Waals surface area (Å²) in [5.41, 5.74) is -1.12. The van der Waals surface area contributed by atoms with Gasteiger partial charge in [0.25, 0.3) is 5.91 Å². The van der Waals surface area contributed by atoms with Gasteiger partial charge < -0.3 is 15.0 Å². The van der Waals surface area contributed by atoms with Crippen LogP contribution < -0.4 is 5.32 Å². The summed E-state index contributed by atoms with van der Waals surface area (Å²) in [5.74, 6) is -0.231. The van der Waals surface area contributed by atoms with Crippen LogP contribution in [0, 0.1) is 0 Å². The van der Waals surface area contributed by atoms with Gasteiger partial charge in [-0.15, -0.1) is 0 Å². The van der Waals surface area contributed by atoms with Gasteiger partial charge in [0.15, 0.2) is 0 Å². The molecule has 2 rings (SSSR count). The Kier molecular flexibility index (Phi) is 3.24. The molecule has 88 valence electrons. The Hall–Kier alpha value is -1.36. The number of carbonyl (C=O) groups excluding carboxylic acids is 1. The standard InChI is InChI=1S/C11H17N3O2/c15-10(11(16)3-1-2-4-11)13-6-8-14-7-5-12-9-14/h5,7,9,16H,1-4,6,8H2,(H,13,15). The molecule has 0 aliphatic heterocycles. The van der Waals surface area contributed by atoms with Crippen LogP contribution in [-0.4, -0.2) is 32.7 Å². The van der Waals surface area contributed by atoms with Gasteiger partial charge in [0.05, 0.1) is 6.33 Å². The Morgan fingerprint density at radius 3 is 2.88 bits per heavy atom. The lowest BCUT2D eigenvalue weighted by Gasteiger charge is -2.20. The van der Waals surface area contributed by atoms with Crippen LogP contribution in [0.3, 0.4) is 0 Å². The average molecular weight is 223 g/mol. The fraction of sp³-hybridized carbons (Fsp3) is 0.636. The topological polar surface area (TPSA) is 67.2 Å². The third-order valence-corrected chi connectivity index (χ3v) is 3.07. The maximum Gasteiger partial charge on any atom is 0.252 e. The molecule has 0 atom stereocenters. The van der Waals surface area contributed by atoms with Gasteiger partial charge in [0, 0.05) is 25.5 Å². The van der Waals surface area contributed by atoms with E-state index in [0.29, 0.717) is 25.9 Å². The molecule has 0 aromatic carbocycles. The number of imidazole rings is 1. The van der Waals surface area contributed by atoms with E-state index < -0.39 is 5.60 Å². The molecule has 1 aromatic rings. The highest BCUT2D eigenvalue weighted by Gasteiger charge is 2.38. The number of aromatic nitrogens is 2. The summed E-state index contributed by atoms with van der Waals surface area (Å²) in [6.45, 7) is 1.21. The maximum absolute atomic E-state index is 11.7. The van der Waals surface area contributed by atoms with E-state index in [-0.39, 0.29) is 5.91 Å². The van der Waals surface area contributed by atoms with Crippen molar-refractivity contribution in [3.05, 3.63) is 18.7 Å². The first-order chi connectivity index (χ1) is 7.71. The number of nitrogens with zero attached hydrogens (tertiary/aromatic N) is 2. The zero-order valence-corrected chi connectivity index (χ0v) is 9.22. The van der Waals surface area contributed by atoms with Crippen LogP contribution in [-0.2, 0) is 11.3 Å². The molecule has 1 heterocycles. The van der Waals surface area contributed by atoms with Crippen LogP contribution in [0.4, 0.5) is 0 Å². The van der Waals surface area contributed by atoms with Crippen molar-refractivity contribution < 1.29 is 9.90 Å². The molecule has 0 spiro atoms. The van der Waals surface area contributed by atoms with Crippen molar-refractivity contribution in [1.29, 1.82) is 0 Å². The molecule has 0 saturated heterocycles. The van der Waals surface area contributed by atoms with Gasteiger partial charge in [0.2, 0.25) is 0 Å². The summed E-state index contributed by atoms with van der Waals surface area (Å²) in [6, 6.07) is 0. The molecule has 5 nitrogen and oxygen atoms in total. The van der Waals surface area contributed by atoms with Gasteiger partial charge in [-0.3, -0.25) is 4.79 Å². The average Bonchev–Trinajstić information content (AvgIpc) is 2.90.